The van der Waals surface area contributed by atoms with Crippen LogP contribution in [-0.4, -0.2) is 13.1 Å². The van der Waals surface area contributed by atoms with Gasteiger partial charge in [-0.15, -0.1) is 0 Å². The molecule has 2 nitrogen and oxygen atoms in total. The number of benzene rings is 1. The van der Waals surface area contributed by atoms with Gasteiger partial charge in [-0.3, -0.25) is 0 Å². The Hall–Kier alpha value is -1.54. The summed E-state index contributed by atoms with van der Waals surface area (Å²) in [7, 11) is 0. The van der Waals surface area contributed by atoms with Crippen LogP contribution in [0.1, 0.15) is 30.6 Å². The summed E-state index contributed by atoms with van der Waals surface area (Å²) in [5.41, 5.74) is 1.38. The van der Waals surface area contributed by atoms with Crippen molar-refractivity contribution in [3.05, 3.63) is 60.1 Å². The topological polar surface area (TPSA) is 29.8 Å². The molecule has 1 heterocycles. The van der Waals surface area contributed by atoms with Crippen molar-refractivity contribution in [2.45, 2.75) is 25.7 Å². The third kappa shape index (κ3) is 3.74. The highest BCUT2D eigenvalue weighted by Crippen LogP contribution is 2.24. The minimum atomic E-state index is 0.491. The van der Waals surface area contributed by atoms with Crippen LogP contribution in [0.4, 0.5) is 0 Å². The van der Waals surface area contributed by atoms with Crippen LogP contribution in [0.25, 0.3) is 0 Å². The summed E-state index contributed by atoms with van der Waals surface area (Å²) < 4.78 is 5.58. The van der Waals surface area contributed by atoms with Crippen LogP contribution >= 0.6 is 0 Å². The minimum absolute atomic E-state index is 0.491. The van der Waals surface area contributed by atoms with E-state index in [9.17, 15) is 0 Å². The zero-order chi connectivity index (χ0) is 12.6. The van der Waals surface area contributed by atoms with E-state index in [4.69, 9.17) is 4.42 Å². The van der Waals surface area contributed by atoms with Crippen LogP contribution in [0, 0.1) is 0 Å². The lowest BCUT2D eigenvalue weighted by Gasteiger charge is -2.13. The van der Waals surface area contributed by atoms with Crippen LogP contribution < -0.4 is 5.32 Å². The first-order chi connectivity index (χ1) is 8.90. The SMILES string of the molecule is CC[NH2+]CC[C@H](Cc1ccccc1)c1ccco1. The molecule has 0 aliphatic carbocycles. The van der Waals surface area contributed by atoms with Gasteiger partial charge in [0.05, 0.1) is 19.4 Å². The van der Waals surface area contributed by atoms with E-state index in [0.717, 1.165) is 31.7 Å². The van der Waals surface area contributed by atoms with Crippen molar-refractivity contribution in [1.29, 1.82) is 0 Å². The van der Waals surface area contributed by atoms with E-state index in [1.54, 1.807) is 6.26 Å². The van der Waals surface area contributed by atoms with Gasteiger partial charge in [0.25, 0.3) is 0 Å². The molecule has 1 aromatic heterocycles. The van der Waals surface area contributed by atoms with Gasteiger partial charge in [-0.05, 0) is 31.0 Å². The summed E-state index contributed by atoms with van der Waals surface area (Å²) in [5, 5.41) is 2.35. The molecule has 0 saturated carbocycles. The fraction of sp³-hybridized carbons (Fsp3) is 0.375. The third-order valence-corrected chi connectivity index (χ3v) is 3.28. The molecule has 2 N–H and O–H groups in total. The summed E-state index contributed by atoms with van der Waals surface area (Å²) in [5.74, 6) is 1.61. The Morgan fingerprint density at radius 3 is 2.61 bits per heavy atom. The maximum atomic E-state index is 5.58. The van der Waals surface area contributed by atoms with Gasteiger partial charge < -0.3 is 9.73 Å². The lowest BCUT2D eigenvalue weighted by Crippen LogP contribution is -2.83. The van der Waals surface area contributed by atoms with Crippen LogP contribution in [0.2, 0.25) is 0 Å². The Morgan fingerprint density at radius 1 is 1.11 bits per heavy atom. The predicted octanol–water partition coefficient (Wildman–Crippen LogP) is 2.58. The van der Waals surface area contributed by atoms with Crippen molar-refractivity contribution in [2.24, 2.45) is 0 Å². The molecular formula is C16H22NO+. The van der Waals surface area contributed by atoms with Crippen LogP contribution in [0.5, 0.6) is 0 Å². The van der Waals surface area contributed by atoms with Gasteiger partial charge in [0, 0.05) is 12.3 Å². The molecule has 0 aliphatic heterocycles. The van der Waals surface area contributed by atoms with Crippen molar-refractivity contribution >= 4 is 0 Å². The maximum Gasteiger partial charge on any atom is 0.107 e. The lowest BCUT2D eigenvalue weighted by atomic mass is 9.94. The molecule has 2 heteroatoms. The fourth-order valence-corrected chi connectivity index (χ4v) is 2.29. The van der Waals surface area contributed by atoms with Gasteiger partial charge >= 0.3 is 0 Å². The Kier molecular flexibility index (Phi) is 5.03. The second-order valence-electron chi connectivity index (χ2n) is 4.68. The number of nitrogens with two attached hydrogens (primary N) is 1. The van der Waals surface area contributed by atoms with Gasteiger partial charge in [-0.2, -0.15) is 0 Å². The number of hydrogen-bond acceptors (Lipinski definition) is 1. The molecule has 1 atom stereocenters. The summed E-state index contributed by atoms with van der Waals surface area (Å²) in [6.45, 7) is 4.50. The van der Waals surface area contributed by atoms with Crippen molar-refractivity contribution in [1.82, 2.24) is 0 Å². The first-order valence-electron chi connectivity index (χ1n) is 6.79. The third-order valence-electron chi connectivity index (χ3n) is 3.28. The van der Waals surface area contributed by atoms with Crippen LogP contribution in [0.15, 0.2) is 53.1 Å². The Morgan fingerprint density at radius 2 is 1.94 bits per heavy atom. The highest BCUT2D eigenvalue weighted by atomic mass is 16.3. The summed E-state index contributed by atoms with van der Waals surface area (Å²) in [4.78, 5) is 0. The van der Waals surface area contributed by atoms with Gasteiger partial charge in [-0.1, -0.05) is 30.3 Å². The van der Waals surface area contributed by atoms with Crippen LogP contribution in [-0.2, 0) is 6.42 Å². The summed E-state index contributed by atoms with van der Waals surface area (Å²) >= 11 is 0. The fourth-order valence-electron chi connectivity index (χ4n) is 2.29. The molecule has 0 radical (unpaired) electrons. The van der Waals surface area contributed by atoms with Gasteiger partial charge in [0.2, 0.25) is 0 Å². The van der Waals surface area contributed by atoms with E-state index in [0.29, 0.717) is 5.92 Å². The zero-order valence-corrected chi connectivity index (χ0v) is 11.0. The van der Waals surface area contributed by atoms with E-state index in [-0.39, 0.29) is 0 Å². The molecule has 96 valence electrons. The second-order valence-corrected chi connectivity index (χ2v) is 4.68. The first-order valence-corrected chi connectivity index (χ1v) is 6.79. The van der Waals surface area contributed by atoms with Crippen molar-refractivity contribution in [3.8, 4) is 0 Å². The molecule has 0 aliphatic rings. The lowest BCUT2D eigenvalue weighted by molar-refractivity contribution is -0.652. The molecule has 1 aromatic carbocycles. The molecule has 0 unspecified atom stereocenters. The molecule has 0 fully saturated rings. The molecule has 2 aromatic rings. The second kappa shape index (κ2) is 7.02. The number of rotatable bonds is 7. The maximum absolute atomic E-state index is 5.58. The van der Waals surface area contributed by atoms with Crippen molar-refractivity contribution < 1.29 is 9.73 Å². The normalized spacial score (nSPS) is 12.5. The number of furan rings is 1. The average molecular weight is 244 g/mol. The Labute approximate surface area is 109 Å². The zero-order valence-electron chi connectivity index (χ0n) is 11.0. The molecule has 0 amide bonds. The smallest absolute Gasteiger partial charge is 0.107 e. The molecular weight excluding hydrogens is 222 g/mol. The predicted molar refractivity (Wildman–Crippen MR) is 73.5 cm³/mol. The van der Waals surface area contributed by atoms with Crippen molar-refractivity contribution in [3.63, 3.8) is 0 Å². The average Bonchev–Trinajstić information content (AvgIpc) is 2.93. The van der Waals surface area contributed by atoms with E-state index in [2.05, 4.69) is 48.6 Å². The first kappa shape index (κ1) is 12.9. The van der Waals surface area contributed by atoms with Gasteiger partial charge in [0.1, 0.15) is 5.76 Å². The standard InChI is InChI=1S/C16H21NO/c1-2-17-11-10-15(16-9-6-12-18-16)13-14-7-4-3-5-8-14/h3-9,12,15,17H,2,10-11,13H2,1H3/p+1/t15-/m1/s1. The highest BCUT2D eigenvalue weighted by molar-refractivity contribution is 5.18. The molecule has 0 saturated heterocycles. The van der Waals surface area contributed by atoms with E-state index < -0.39 is 0 Å². The summed E-state index contributed by atoms with van der Waals surface area (Å²) in [6, 6.07) is 14.7. The van der Waals surface area contributed by atoms with E-state index >= 15 is 0 Å². The summed E-state index contributed by atoms with van der Waals surface area (Å²) in [6.07, 6.45) is 4.00. The Bertz CT molecular complexity index is 422. The molecule has 0 spiro atoms. The molecule has 18 heavy (non-hydrogen) atoms. The van der Waals surface area contributed by atoms with E-state index in [1.165, 1.54) is 5.56 Å². The minimum Gasteiger partial charge on any atom is -0.469 e. The quantitative estimate of drug-likeness (QED) is 0.745. The number of hydrogen-bond donors (Lipinski definition) is 1. The van der Waals surface area contributed by atoms with Crippen LogP contribution in [0.3, 0.4) is 0 Å². The van der Waals surface area contributed by atoms with Gasteiger partial charge in [0.15, 0.2) is 0 Å². The van der Waals surface area contributed by atoms with E-state index in [1.807, 2.05) is 6.07 Å². The highest BCUT2D eigenvalue weighted by Gasteiger charge is 2.15. The van der Waals surface area contributed by atoms with Crippen molar-refractivity contribution in [2.75, 3.05) is 13.1 Å². The molecule has 2 rings (SSSR count). The monoisotopic (exact) mass is 244 g/mol. The number of quaternary nitrogens is 1. The molecule has 0 bridgehead atoms. The largest absolute Gasteiger partial charge is 0.469 e. The van der Waals surface area contributed by atoms with Gasteiger partial charge in [-0.25, -0.2) is 0 Å². The Balaban J connectivity index is 2.01.